The van der Waals surface area contributed by atoms with Crippen LogP contribution in [0.5, 0.6) is 0 Å². The van der Waals surface area contributed by atoms with Gasteiger partial charge < -0.3 is 14.6 Å². The molecule has 2 fully saturated rings. The minimum atomic E-state index is 0.0987. The van der Waals surface area contributed by atoms with Crippen LogP contribution in [0.2, 0.25) is 0 Å². The van der Waals surface area contributed by atoms with E-state index in [1.807, 2.05) is 6.33 Å². The lowest BCUT2D eigenvalue weighted by Gasteiger charge is -2.37. The molecule has 3 heterocycles. The van der Waals surface area contributed by atoms with Gasteiger partial charge in [0.2, 0.25) is 0 Å². The van der Waals surface area contributed by atoms with Crippen molar-refractivity contribution in [2.75, 3.05) is 26.3 Å². The van der Waals surface area contributed by atoms with Crippen LogP contribution in [-0.4, -0.2) is 35.9 Å². The zero-order valence-corrected chi connectivity index (χ0v) is 11.2. The Morgan fingerprint density at radius 2 is 2.44 bits per heavy atom. The Hall–Kier alpha value is -0.870. The quantitative estimate of drug-likeness (QED) is 0.870. The topological polar surface area (TPSA) is 39.1 Å². The molecule has 2 aliphatic rings. The van der Waals surface area contributed by atoms with E-state index < -0.39 is 0 Å². The highest BCUT2D eigenvalue weighted by Crippen LogP contribution is 2.32. The van der Waals surface area contributed by atoms with Crippen LogP contribution in [0.1, 0.15) is 44.2 Å². The molecule has 0 aromatic carbocycles. The van der Waals surface area contributed by atoms with E-state index in [9.17, 15) is 0 Å². The van der Waals surface area contributed by atoms with Crippen molar-refractivity contribution >= 4 is 0 Å². The monoisotopic (exact) mass is 249 g/mol. The minimum Gasteiger partial charge on any atom is -0.379 e. The fraction of sp³-hybridized carbons (Fsp3) is 0.786. The summed E-state index contributed by atoms with van der Waals surface area (Å²) in [6, 6.07) is 0. The lowest BCUT2D eigenvalue weighted by Crippen LogP contribution is -2.41. The highest BCUT2D eigenvalue weighted by atomic mass is 16.5. The molecule has 18 heavy (non-hydrogen) atoms. The normalized spacial score (nSPS) is 33.5. The second-order valence-electron chi connectivity index (χ2n) is 5.88. The van der Waals surface area contributed by atoms with Gasteiger partial charge in [-0.3, -0.25) is 0 Å². The van der Waals surface area contributed by atoms with Crippen molar-refractivity contribution in [3.05, 3.63) is 18.2 Å². The number of ether oxygens (including phenoxy) is 1. The van der Waals surface area contributed by atoms with Gasteiger partial charge in [0.15, 0.2) is 0 Å². The van der Waals surface area contributed by atoms with Gasteiger partial charge in [-0.25, -0.2) is 4.98 Å². The largest absolute Gasteiger partial charge is 0.379 e. The summed E-state index contributed by atoms with van der Waals surface area (Å²) in [5.41, 5.74) is 1.48. The lowest BCUT2D eigenvalue weighted by atomic mass is 9.91. The van der Waals surface area contributed by atoms with Gasteiger partial charge in [-0.05, 0) is 39.2 Å². The molecule has 2 atom stereocenters. The second-order valence-corrected chi connectivity index (χ2v) is 5.88. The minimum absolute atomic E-state index is 0.0987. The van der Waals surface area contributed by atoms with Crippen molar-refractivity contribution in [1.29, 1.82) is 0 Å². The summed E-state index contributed by atoms with van der Waals surface area (Å²) in [6.07, 6.45) is 8.93. The maximum atomic E-state index is 5.69. The van der Waals surface area contributed by atoms with Crippen molar-refractivity contribution in [3.8, 4) is 0 Å². The van der Waals surface area contributed by atoms with Crippen LogP contribution in [0.4, 0.5) is 0 Å². The maximum absolute atomic E-state index is 5.69. The zero-order valence-electron chi connectivity index (χ0n) is 11.2. The van der Waals surface area contributed by atoms with Crippen LogP contribution in [0.15, 0.2) is 12.5 Å². The Balaban J connectivity index is 1.85. The maximum Gasteiger partial charge on any atom is 0.0954 e. The summed E-state index contributed by atoms with van der Waals surface area (Å²) >= 11 is 0. The number of imidazole rings is 1. The summed E-state index contributed by atoms with van der Waals surface area (Å²) in [4.78, 5) is 4.40. The first-order chi connectivity index (χ1) is 8.80. The van der Waals surface area contributed by atoms with Crippen molar-refractivity contribution in [2.24, 2.45) is 0 Å². The van der Waals surface area contributed by atoms with E-state index in [1.165, 1.54) is 25.0 Å². The number of aromatic nitrogens is 2. The number of hydrogen-bond acceptors (Lipinski definition) is 3. The van der Waals surface area contributed by atoms with Gasteiger partial charge in [0.25, 0.3) is 0 Å². The van der Waals surface area contributed by atoms with E-state index in [1.54, 1.807) is 0 Å². The third-order valence-corrected chi connectivity index (χ3v) is 4.38. The second kappa shape index (κ2) is 5.02. The molecule has 1 aromatic heterocycles. The van der Waals surface area contributed by atoms with Crippen molar-refractivity contribution in [2.45, 2.75) is 44.1 Å². The number of hydrogen-bond donors (Lipinski definition) is 1. The molecule has 1 N–H and O–H groups in total. The first-order valence-electron chi connectivity index (χ1n) is 7.11. The highest BCUT2D eigenvalue weighted by Gasteiger charge is 2.32. The Labute approximate surface area is 109 Å². The van der Waals surface area contributed by atoms with Crippen molar-refractivity contribution < 1.29 is 4.74 Å². The molecule has 0 amide bonds. The van der Waals surface area contributed by atoms with Crippen LogP contribution in [0.3, 0.4) is 0 Å². The molecule has 1 aromatic rings. The third kappa shape index (κ3) is 2.19. The van der Waals surface area contributed by atoms with Gasteiger partial charge in [-0.15, -0.1) is 0 Å². The fourth-order valence-electron chi connectivity index (χ4n) is 3.27. The van der Waals surface area contributed by atoms with Crippen LogP contribution < -0.4 is 5.32 Å². The molecule has 0 spiro atoms. The molecule has 0 aliphatic carbocycles. The molecular formula is C14H23N3O. The predicted octanol–water partition coefficient (Wildman–Crippen LogP) is 1.88. The standard InChI is InChI=1S/C14H23N3O/c1-14(5-3-7-18-10-14)17-11-16-9-13(17)12-4-2-6-15-8-12/h9,11-12,15H,2-8,10H2,1H3. The molecule has 0 bridgehead atoms. The van der Waals surface area contributed by atoms with Gasteiger partial charge in [0.05, 0.1) is 18.5 Å². The Kier molecular flexibility index (Phi) is 3.39. The van der Waals surface area contributed by atoms with Gasteiger partial charge in [0, 0.05) is 31.0 Å². The summed E-state index contributed by atoms with van der Waals surface area (Å²) in [7, 11) is 0. The van der Waals surface area contributed by atoms with Gasteiger partial charge in [0.1, 0.15) is 0 Å². The molecule has 0 radical (unpaired) electrons. The Morgan fingerprint density at radius 3 is 3.17 bits per heavy atom. The van der Waals surface area contributed by atoms with Crippen molar-refractivity contribution in [1.82, 2.24) is 14.9 Å². The van der Waals surface area contributed by atoms with Crippen LogP contribution in [-0.2, 0) is 10.3 Å². The average molecular weight is 249 g/mol. The Morgan fingerprint density at radius 1 is 1.50 bits per heavy atom. The molecule has 4 heteroatoms. The van der Waals surface area contributed by atoms with E-state index in [4.69, 9.17) is 4.74 Å². The van der Waals surface area contributed by atoms with E-state index in [2.05, 4.69) is 28.0 Å². The smallest absolute Gasteiger partial charge is 0.0954 e. The van der Waals surface area contributed by atoms with Crippen LogP contribution in [0, 0.1) is 0 Å². The number of rotatable bonds is 2. The molecule has 3 rings (SSSR count). The summed E-state index contributed by atoms with van der Waals surface area (Å²) in [6.45, 7) is 6.27. The van der Waals surface area contributed by atoms with E-state index in [0.29, 0.717) is 5.92 Å². The predicted molar refractivity (Wildman–Crippen MR) is 70.8 cm³/mol. The summed E-state index contributed by atoms with van der Waals surface area (Å²) in [5, 5.41) is 3.49. The summed E-state index contributed by atoms with van der Waals surface area (Å²) < 4.78 is 8.07. The average Bonchev–Trinajstić information content (AvgIpc) is 2.91. The SMILES string of the molecule is CC1(n2cncc2C2CCCNC2)CCCOC1. The number of nitrogens with one attached hydrogen (secondary N) is 1. The highest BCUT2D eigenvalue weighted by molar-refractivity contribution is 5.12. The van der Waals surface area contributed by atoms with Crippen LogP contribution >= 0.6 is 0 Å². The Bertz CT molecular complexity index is 389. The molecule has 100 valence electrons. The third-order valence-electron chi connectivity index (χ3n) is 4.38. The number of nitrogens with zero attached hydrogens (tertiary/aromatic N) is 2. The van der Waals surface area contributed by atoms with E-state index in [0.717, 1.165) is 32.7 Å². The first kappa shape index (κ1) is 12.2. The molecular weight excluding hydrogens is 226 g/mol. The van der Waals surface area contributed by atoms with E-state index in [-0.39, 0.29) is 5.54 Å². The van der Waals surface area contributed by atoms with Gasteiger partial charge >= 0.3 is 0 Å². The fourth-order valence-corrected chi connectivity index (χ4v) is 3.27. The zero-order chi connectivity index (χ0) is 12.4. The first-order valence-corrected chi connectivity index (χ1v) is 7.11. The molecule has 0 saturated carbocycles. The summed E-state index contributed by atoms with van der Waals surface area (Å²) in [5.74, 6) is 0.611. The molecule has 2 unspecified atom stereocenters. The van der Waals surface area contributed by atoms with E-state index >= 15 is 0 Å². The number of piperidine rings is 1. The van der Waals surface area contributed by atoms with Crippen LogP contribution in [0.25, 0.3) is 0 Å². The van der Waals surface area contributed by atoms with Gasteiger partial charge in [-0.1, -0.05) is 0 Å². The molecule has 4 nitrogen and oxygen atoms in total. The van der Waals surface area contributed by atoms with Gasteiger partial charge in [-0.2, -0.15) is 0 Å². The van der Waals surface area contributed by atoms with Crippen molar-refractivity contribution in [3.63, 3.8) is 0 Å². The molecule has 2 saturated heterocycles. The lowest BCUT2D eigenvalue weighted by molar-refractivity contribution is 0.00767. The molecule has 2 aliphatic heterocycles.